The molecule has 1 N–H and O–H groups in total. The standard InChI is InChI=1S/C21H28FN3O2.C2H6/c1-4-20(23-5-2)16(3)24-14-17-10-12-25(13-11-17)21(26)27-15-18-6-8-19(22)9-7-18;1-2/h4-9,17,24H,3,10-15H2,1-2H3;1-2H3/b20-4-,23-5?;. The Morgan fingerprint density at radius 3 is 2.45 bits per heavy atom. The van der Waals surface area contributed by atoms with Gasteiger partial charge in [-0.25, -0.2) is 9.18 Å². The smallest absolute Gasteiger partial charge is 0.410 e. The van der Waals surface area contributed by atoms with Crippen molar-refractivity contribution in [2.24, 2.45) is 10.9 Å². The average Bonchev–Trinajstić information content (AvgIpc) is 2.77. The number of carbonyl (C=O) groups is 1. The van der Waals surface area contributed by atoms with Gasteiger partial charge in [-0.15, -0.1) is 0 Å². The number of carbonyl (C=O) groups excluding carboxylic acids is 1. The summed E-state index contributed by atoms with van der Waals surface area (Å²) in [5.41, 5.74) is 2.44. The van der Waals surface area contributed by atoms with Gasteiger partial charge in [0.15, 0.2) is 0 Å². The summed E-state index contributed by atoms with van der Waals surface area (Å²) >= 11 is 0. The number of ether oxygens (including phenoxy) is 1. The van der Waals surface area contributed by atoms with E-state index in [1.807, 2.05) is 33.8 Å². The molecule has 0 atom stereocenters. The van der Waals surface area contributed by atoms with Crippen molar-refractivity contribution in [3.05, 3.63) is 59.7 Å². The molecule has 5 nitrogen and oxygen atoms in total. The maximum Gasteiger partial charge on any atom is 0.410 e. The molecule has 0 spiro atoms. The Balaban J connectivity index is 0.00000204. The molecule has 0 saturated carbocycles. The summed E-state index contributed by atoms with van der Waals surface area (Å²) in [4.78, 5) is 18.2. The highest BCUT2D eigenvalue weighted by atomic mass is 19.1. The number of piperidine rings is 1. The van der Waals surface area contributed by atoms with Crippen LogP contribution in [-0.2, 0) is 11.3 Å². The van der Waals surface area contributed by atoms with Gasteiger partial charge in [0.2, 0.25) is 0 Å². The van der Waals surface area contributed by atoms with Crippen molar-refractivity contribution >= 4 is 12.3 Å². The molecule has 0 radical (unpaired) electrons. The van der Waals surface area contributed by atoms with Gasteiger partial charge in [-0.3, -0.25) is 4.99 Å². The number of rotatable bonds is 7. The third-order valence-electron chi connectivity index (χ3n) is 4.60. The number of allylic oxidation sites excluding steroid dienone is 1. The molecule has 1 saturated heterocycles. The number of amides is 1. The van der Waals surface area contributed by atoms with Crippen LogP contribution in [0.3, 0.4) is 0 Å². The minimum Gasteiger partial charge on any atom is -0.445 e. The van der Waals surface area contributed by atoms with Gasteiger partial charge in [0, 0.05) is 25.8 Å². The van der Waals surface area contributed by atoms with Crippen molar-refractivity contribution in [3.63, 3.8) is 0 Å². The minimum atomic E-state index is -0.316. The Hall–Kier alpha value is -2.63. The van der Waals surface area contributed by atoms with E-state index in [9.17, 15) is 9.18 Å². The first-order valence-corrected chi connectivity index (χ1v) is 10.3. The van der Waals surface area contributed by atoms with Crippen molar-refractivity contribution in [2.75, 3.05) is 19.6 Å². The molecular weight excluding hydrogens is 369 g/mol. The Bertz CT molecular complexity index is 691. The van der Waals surface area contributed by atoms with Crippen molar-refractivity contribution < 1.29 is 13.9 Å². The van der Waals surface area contributed by atoms with Gasteiger partial charge >= 0.3 is 6.09 Å². The van der Waals surface area contributed by atoms with E-state index in [0.29, 0.717) is 19.0 Å². The summed E-state index contributed by atoms with van der Waals surface area (Å²) < 4.78 is 18.2. The van der Waals surface area contributed by atoms with Crippen LogP contribution in [0, 0.1) is 11.7 Å². The number of hydrogen-bond donors (Lipinski definition) is 1. The van der Waals surface area contributed by atoms with Crippen LogP contribution >= 0.6 is 0 Å². The van der Waals surface area contributed by atoms with Crippen LogP contribution in [0.2, 0.25) is 0 Å². The first kappa shape index (κ1) is 24.4. The molecule has 1 aliphatic heterocycles. The molecule has 160 valence electrons. The Labute approximate surface area is 174 Å². The number of nitrogens with zero attached hydrogens (tertiary/aromatic N) is 2. The van der Waals surface area contributed by atoms with E-state index in [1.165, 1.54) is 12.1 Å². The van der Waals surface area contributed by atoms with Gasteiger partial charge < -0.3 is 15.0 Å². The lowest BCUT2D eigenvalue weighted by Gasteiger charge is -2.31. The molecule has 0 unspecified atom stereocenters. The highest BCUT2D eigenvalue weighted by molar-refractivity contribution is 5.67. The zero-order valence-electron chi connectivity index (χ0n) is 18.1. The lowest BCUT2D eigenvalue weighted by atomic mass is 9.97. The van der Waals surface area contributed by atoms with Crippen LogP contribution in [0.15, 0.2) is 53.3 Å². The second-order valence-electron chi connectivity index (χ2n) is 6.53. The number of benzene rings is 1. The maximum atomic E-state index is 12.9. The molecule has 0 aromatic heterocycles. The monoisotopic (exact) mass is 403 g/mol. The van der Waals surface area contributed by atoms with Crippen molar-refractivity contribution in [1.29, 1.82) is 0 Å². The van der Waals surface area contributed by atoms with Gasteiger partial charge in [0.25, 0.3) is 0 Å². The van der Waals surface area contributed by atoms with Gasteiger partial charge in [-0.2, -0.15) is 0 Å². The van der Waals surface area contributed by atoms with Crippen LogP contribution in [0.4, 0.5) is 9.18 Å². The normalized spacial score (nSPS) is 14.9. The Kier molecular flexibility index (Phi) is 11.4. The van der Waals surface area contributed by atoms with Crippen molar-refractivity contribution in [1.82, 2.24) is 10.2 Å². The molecular formula is C23H34FN3O2. The number of hydrogen-bond acceptors (Lipinski definition) is 4. The van der Waals surface area contributed by atoms with E-state index < -0.39 is 0 Å². The van der Waals surface area contributed by atoms with Gasteiger partial charge in [-0.1, -0.05) is 38.6 Å². The topological polar surface area (TPSA) is 53.9 Å². The second-order valence-corrected chi connectivity index (χ2v) is 6.53. The first-order valence-electron chi connectivity index (χ1n) is 10.3. The number of halogens is 1. The maximum absolute atomic E-state index is 12.9. The van der Waals surface area contributed by atoms with Crippen LogP contribution in [-0.4, -0.2) is 36.8 Å². The quantitative estimate of drug-likeness (QED) is 0.497. The summed E-state index contributed by atoms with van der Waals surface area (Å²) in [6, 6.07) is 5.96. The number of nitrogens with one attached hydrogen (secondary N) is 1. The molecule has 1 heterocycles. The molecule has 1 aromatic carbocycles. The first-order chi connectivity index (χ1) is 14.0. The fourth-order valence-corrected chi connectivity index (χ4v) is 2.96. The molecule has 1 fully saturated rings. The predicted octanol–water partition coefficient (Wildman–Crippen LogP) is 5.30. The Morgan fingerprint density at radius 2 is 1.90 bits per heavy atom. The summed E-state index contributed by atoms with van der Waals surface area (Å²) in [6.07, 6.45) is 5.18. The molecule has 1 aliphatic rings. The van der Waals surface area contributed by atoms with E-state index >= 15 is 0 Å². The van der Waals surface area contributed by atoms with Crippen LogP contribution in [0.1, 0.15) is 46.1 Å². The van der Waals surface area contributed by atoms with Crippen LogP contribution in [0.5, 0.6) is 0 Å². The second kappa shape index (κ2) is 13.5. The molecule has 1 amide bonds. The zero-order chi connectivity index (χ0) is 21.6. The van der Waals surface area contributed by atoms with Gasteiger partial charge in [0.05, 0.1) is 11.4 Å². The third-order valence-corrected chi connectivity index (χ3v) is 4.60. The average molecular weight is 404 g/mol. The van der Waals surface area contributed by atoms with Crippen LogP contribution < -0.4 is 5.32 Å². The van der Waals surface area contributed by atoms with Gasteiger partial charge in [-0.05, 0) is 50.3 Å². The number of likely N-dealkylation sites (tertiary alicyclic amines) is 1. The number of aliphatic imine (C=N–C) groups is 1. The highest BCUT2D eigenvalue weighted by Crippen LogP contribution is 2.18. The molecule has 0 bridgehead atoms. The lowest BCUT2D eigenvalue weighted by Crippen LogP contribution is -2.40. The fourth-order valence-electron chi connectivity index (χ4n) is 2.96. The van der Waals surface area contributed by atoms with E-state index in [4.69, 9.17) is 4.74 Å². The summed E-state index contributed by atoms with van der Waals surface area (Å²) in [5, 5.41) is 3.34. The Morgan fingerprint density at radius 1 is 1.28 bits per heavy atom. The van der Waals surface area contributed by atoms with Crippen molar-refractivity contribution in [3.8, 4) is 0 Å². The molecule has 6 heteroatoms. The molecule has 29 heavy (non-hydrogen) atoms. The highest BCUT2D eigenvalue weighted by Gasteiger charge is 2.23. The van der Waals surface area contributed by atoms with Crippen LogP contribution in [0.25, 0.3) is 0 Å². The fraction of sp³-hybridized carbons (Fsp3) is 0.478. The zero-order valence-corrected chi connectivity index (χ0v) is 18.1. The van der Waals surface area contributed by atoms with E-state index in [1.54, 1.807) is 23.2 Å². The predicted molar refractivity (Wildman–Crippen MR) is 117 cm³/mol. The summed E-state index contributed by atoms with van der Waals surface area (Å²) in [5.74, 6) is 0.179. The third kappa shape index (κ3) is 8.50. The summed E-state index contributed by atoms with van der Waals surface area (Å²) in [6.45, 7) is 14.2. The molecule has 0 aliphatic carbocycles. The van der Waals surface area contributed by atoms with Crippen molar-refractivity contribution in [2.45, 2.75) is 47.1 Å². The molecule has 1 aromatic rings. The summed E-state index contributed by atoms with van der Waals surface area (Å²) in [7, 11) is 0. The van der Waals surface area contributed by atoms with E-state index in [2.05, 4.69) is 16.9 Å². The lowest BCUT2D eigenvalue weighted by molar-refractivity contribution is 0.0824. The molecule has 2 rings (SSSR count). The largest absolute Gasteiger partial charge is 0.445 e. The SMILES string of the molecule is C=C(NCC1CCN(C(=O)OCc2ccc(F)cc2)CC1)/C(=C/C)N=CC.CC. The minimum absolute atomic E-state index is 0.157. The van der Waals surface area contributed by atoms with E-state index in [-0.39, 0.29) is 18.5 Å². The van der Waals surface area contributed by atoms with E-state index in [0.717, 1.165) is 36.3 Å². The van der Waals surface area contributed by atoms with Gasteiger partial charge in [0.1, 0.15) is 12.4 Å².